The van der Waals surface area contributed by atoms with Crippen molar-refractivity contribution >= 4 is 32.1 Å². The molecule has 1 atom stereocenters. The van der Waals surface area contributed by atoms with E-state index in [9.17, 15) is 0 Å². The number of thiophene rings is 2. The Hall–Kier alpha value is -1.17. The first-order valence-corrected chi connectivity index (χ1v) is 9.14. The largest absolute Gasteiger partial charge is 0.309 e. The van der Waals surface area contributed by atoms with E-state index in [0.717, 1.165) is 25.2 Å². The lowest BCUT2D eigenvalue weighted by Gasteiger charge is -2.17. The molecule has 0 spiro atoms. The smallest absolute Gasteiger partial charge is 0.0596 e. The van der Waals surface area contributed by atoms with Crippen LogP contribution in [-0.2, 0) is 13.0 Å². The molecule has 0 aromatic carbocycles. The van der Waals surface area contributed by atoms with E-state index in [1.165, 1.54) is 20.0 Å². The zero-order chi connectivity index (χ0) is 14.8. The van der Waals surface area contributed by atoms with Gasteiger partial charge in [-0.15, -0.1) is 22.7 Å². The molecule has 0 fully saturated rings. The van der Waals surface area contributed by atoms with Crippen LogP contribution in [0, 0.1) is 6.92 Å². The Morgan fingerprint density at radius 2 is 2.14 bits per heavy atom. The lowest BCUT2D eigenvalue weighted by molar-refractivity contribution is 0.522. The maximum atomic E-state index is 4.56. The summed E-state index contributed by atoms with van der Waals surface area (Å²) in [4.78, 5) is 1.43. The Kier molecular flexibility index (Phi) is 4.42. The van der Waals surface area contributed by atoms with Crippen LogP contribution in [0.4, 0.5) is 0 Å². The number of fused-ring (bicyclic) bond motifs is 1. The molecule has 1 unspecified atom stereocenters. The summed E-state index contributed by atoms with van der Waals surface area (Å²) in [6.07, 6.45) is 0.996. The van der Waals surface area contributed by atoms with Gasteiger partial charge in [0.15, 0.2) is 0 Å². The van der Waals surface area contributed by atoms with Crippen LogP contribution in [0.25, 0.3) is 9.40 Å². The number of nitrogens with one attached hydrogen (secondary N) is 1. The summed E-state index contributed by atoms with van der Waals surface area (Å²) in [7, 11) is 0. The fraction of sp³-hybridized carbons (Fsp3) is 0.438. The molecule has 0 radical (unpaired) electrons. The van der Waals surface area contributed by atoms with Gasteiger partial charge in [-0.3, -0.25) is 4.68 Å². The van der Waals surface area contributed by atoms with Gasteiger partial charge in [0.1, 0.15) is 0 Å². The predicted octanol–water partition coefficient (Wildman–Crippen LogP) is 4.38. The van der Waals surface area contributed by atoms with E-state index >= 15 is 0 Å². The van der Waals surface area contributed by atoms with Crippen molar-refractivity contribution in [1.82, 2.24) is 15.1 Å². The molecule has 112 valence electrons. The zero-order valence-corrected chi connectivity index (χ0v) is 14.4. The van der Waals surface area contributed by atoms with Crippen molar-refractivity contribution in [2.45, 2.75) is 39.8 Å². The number of hydrogen-bond donors (Lipinski definition) is 1. The minimum Gasteiger partial charge on any atom is -0.309 e. The highest BCUT2D eigenvalue weighted by Gasteiger charge is 2.17. The summed E-state index contributed by atoms with van der Waals surface area (Å²) < 4.78 is 4.92. The molecule has 1 N–H and O–H groups in total. The molecule has 0 aliphatic rings. The SMILES string of the molecule is CCNC(Cc1cc(C)nn1CC)c1cc2sccc2s1. The second-order valence-corrected chi connectivity index (χ2v) is 7.27. The molecular formula is C16H21N3S2. The second-order valence-electron chi connectivity index (χ2n) is 5.21. The van der Waals surface area contributed by atoms with Gasteiger partial charge < -0.3 is 5.32 Å². The van der Waals surface area contributed by atoms with Crippen LogP contribution in [0.3, 0.4) is 0 Å². The summed E-state index contributed by atoms with van der Waals surface area (Å²) in [5.74, 6) is 0. The van der Waals surface area contributed by atoms with E-state index < -0.39 is 0 Å². The third-order valence-corrected chi connectivity index (χ3v) is 5.86. The first-order chi connectivity index (χ1) is 10.2. The van der Waals surface area contributed by atoms with Crippen LogP contribution in [0.2, 0.25) is 0 Å². The van der Waals surface area contributed by atoms with Crippen molar-refractivity contribution in [3.8, 4) is 0 Å². The molecule has 21 heavy (non-hydrogen) atoms. The fourth-order valence-electron chi connectivity index (χ4n) is 2.72. The summed E-state index contributed by atoms with van der Waals surface area (Å²) in [5.41, 5.74) is 2.42. The van der Waals surface area contributed by atoms with E-state index in [2.05, 4.69) is 59.4 Å². The van der Waals surface area contributed by atoms with Crippen molar-refractivity contribution < 1.29 is 0 Å². The van der Waals surface area contributed by atoms with Gasteiger partial charge in [-0.1, -0.05) is 6.92 Å². The van der Waals surface area contributed by atoms with Gasteiger partial charge >= 0.3 is 0 Å². The Morgan fingerprint density at radius 1 is 1.29 bits per heavy atom. The van der Waals surface area contributed by atoms with Gasteiger partial charge in [0.25, 0.3) is 0 Å². The Labute approximate surface area is 133 Å². The molecule has 0 amide bonds. The maximum absolute atomic E-state index is 4.56. The fourth-order valence-corrected chi connectivity index (χ4v) is 4.92. The van der Waals surface area contributed by atoms with Crippen molar-refractivity contribution in [3.05, 3.63) is 39.8 Å². The van der Waals surface area contributed by atoms with E-state index in [1.54, 1.807) is 0 Å². The van der Waals surface area contributed by atoms with Gasteiger partial charge in [0.05, 0.1) is 5.69 Å². The topological polar surface area (TPSA) is 29.9 Å². The second kappa shape index (κ2) is 6.30. The Balaban J connectivity index is 1.88. The molecule has 0 saturated heterocycles. The molecule has 3 rings (SSSR count). The van der Waals surface area contributed by atoms with Crippen LogP contribution in [0.15, 0.2) is 23.6 Å². The van der Waals surface area contributed by atoms with Crippen LogP contribution >= 0.6 is 22.7 Å². The summed E-state index contributed by atoms with van der Waals surface area (Å²) in [6, 6.07) is 7.15. The molecule has 3 heterocycles. The third-order valence-electron chi connectivity index (χ3n) is 3.65. The number of nitrogens with zero attached hydrogens (tertiary/aromatic N) is 2. The molecule has 0 aliphatic heterocycles. The van der Waals surface area contributed by atoms with Crippen molar-refractivity contribution in [1.29, 1.82) is 0 Å². The molecule has 0 saturated carbocycles. The van der Waals surface area contributed by atoms with Gasteiger partial charge in [0, 0.05) is 39.0 Å². The standard InChI is InChI=1S/C16H21N3S2/c1-4-17-13(9-12-8-11(3)18-19(12)5-2)15-10-16-14(21-15)6-7-20-16/h6-8,10,13,17H,4-5,9H2,1-3H3. The molecule has 3 nitrogen and oxygen atoms in total. The monoisotopic (exact) mass is 319 g/mol. The summed E-state index contributed by atoms with van der Waals surface area (Å²) in [5, 5.41) is 10.4. The van der Waals surface area contributed by atoms with Crippen LogP contribution in [-0.4, -0.2) is 16.3 Å². The molecular weight excluding hydrogens is 298 g/mol. The normalized spacial score (nSPS) is 13.1. The van der Waals surface area contributed by atoms with E-state index in [-0.39, 0.29) is 0 Å². The highest BCUT2D eigenvalue weighted by Crippen LogP contribution is 2.34. The third kappa shape index (κ3) is 3.05. The molecule has 3 aromatic rings. The average Bonchev–Trinajstić information content (AvgIpc) is 3.11. The van der Waals surface area contributed by atoms with Crippen molar-refractivity contribution in [3.63, 3.8) is 0 Å². The molecule has 0 bridgehead atoms. The molecule has 5 heteroatoms. The Morgan fingerprint density at radius 3 is 2.86 bits per heavy atom. The van der Waals surface area contributed by atoms with Gasteiger partial charge in [-0.25, -0.2) is 0 Å². The van der Waals surface area contributed by atoms with Crippen LogP contribution in [0.1, 0.15) is 36.2 Å². The summed E-state index contributed by atoms with van der Waals surface area (Å²) >= 11 is 3.74. The highest BCUT2D eigenvalue weighted by molar-refractivity contribution is 7.26. The van der Waals surface area contributed by atoms with Gasteiger partial charge in [-0.05, 0) is 44.0 Å². The zero-order valence-electron chi connectivity index (χ0n) is 12.7. The molecule has 0 aliphatic carbocycles. The van der Waals surface area contributed by atoms with Crippen LogP contribution < -0.4 is 5.32 Å². The predicted molar refractivity (Wildman–Crippen MR) is 92.5 cm³/mol. The number of aromatic nitrogens is 2. The average molecular weight is 319 g/mol. The van der Waals surface area contributed by atoms with Gasteiger partial charge in [0.2, 0.25) is 0 Å². The van der Waals surface area contributed by atoms with E-state index in [0.29, 0.717) is 6.04 Å². The molecule has 3 aromatic heterocycles. The quantitative estimate of drug-likeness (QED) is 0.730. The summed E-state index contributed by atoms with van der Waals surface area (Å²) in [6.45, 7) is 8.31. The minimum absolute atomic E-state index is 0.376. The first kappa shape index (κ1) is 14.8. The number of rotatable bonds is 6. The maximum Gasteiger partial charge on any atom is 0.0596 e. The highest BCUT2D eigenvalue weighted by atomic mass is 32.1. The first-order valence-electron chi connectivity index (χ1n) is 7.45. The van der Waals surface area contributed by atoms with E-state index in [1.807, 2.05) is 22.7 Å². The Bertz CT molecular complexity index is 694. The van der Waals surface area contributed by atoms with Crippen LogP contribution in [0.5, 0.6) is 0 Å². The lowest BCUT2D eigenvalue weighted by atomic mass is 10.1. The number of likely N-dealkylation sites (N-methyl/N-ethyl adjacent to an activating group) is 1. The van der Waals surface area contributed by atoms with Gasteiger partial charge in [-0.2, -0.15) is 5.10 Å². The van der Waals surface area contributed by atoms with Crippen molar-refractivity contribution in [2.75, 3.05) is 6.54 Å². The minimum atomic E-state index is 0.376. The number of hydrogen-bond acceptors (Lipinski definition) is 4. The van der Waals surface area contributed by atoms with Crippen molar-refractivity contribution in [2.24, 2.45) is 0 Å². The number of aryl methyl sites for hydroxylation is 2. The van der Waals surface area contributed by atoms with E-state index in [4.69, 9.17) is 0 Å². The lowest BCUT2D eigenvalue weighted by Crippen LogP contribution is -2.23.